The molecule has 1 saturated heterocycles. The number of hydrogen-bond acceptors (Lipinski definition) is 4. The fraction of sp³-hybridized carbons (Fsp3) is 0.375. The van der Waals surface area contributed by atoms with Crippen LogP contribution in [0.5, 0.6) is 5.75 Å². The molecule has 2 aromatic rings. The molecular weight excluding hydrogens is 394 g/mol. The van der Waals surface area contributed by atoms with E-state index in [1.54, 1.807) is 14.0 Å². The molecule has 0 unspecified atom stereocenters. The standard InChI is InChI=1S/C24H29N3O4/c1-4-7-17-10-12-19(13-11-17)24(2)22(29)27(23(30)26-24)16-21(28)25-15-14-18-8-5-6-9-20(18)31-3/h5-6,8-13H,4,7,14-16H2,1-3H3,(H,25,28)(H,26,30)/t24-/m0/s1. The van der Waals surface area contributed by atoms with Crippen molar-refractivity contribution in [2.75, 3.05) is 20.2 Å². The van der Waals surface area contributed by atoms with Crippen molar-refractivity contribution >= 4 is 17.8 Å². The van der Waals surface area contributed by atoms with Crippen LogP contribution in [0, 0.1) is 0 Å². The number of carbonyl (C=O) groups excluding carboxylic acids is 3. The van der Waals surface area contributed by atoms with Gasteiger partial charge in [0.1, 0.15) is 17.8 Å². The summed E-state index contributed by atoms with van der Waals surface area (Å²) in [5.41, 5.74) is 1.67. The molecule has 0 aliphatic carbocycles. The maximum Gasteiger partial charge on any atom is 0.325 e. The van der Waals surface area contributed by atoms with Gasteiger partial charge in [0.2, 0.25) is 5.91 Å². The number of hydrogen-bond donors (Lipinski definition) is 2. The number of amides is 4. The van der Waals surface area contributed by atoms with Crippen molar-refractivity contribution in [1.29, 1.82) is 0 Å². The summed E-state index contributed by atoms with van der Waals surface area (Å²) >= 11 is 0. The monoisotopic (exact) mass is 423 g/mol. The lowest BCUT2D eigenvalue weighted by molar-refractivity contribution is -0.134. The summed E-state index contributed by atoms with van der Waals surface area (Å²) in [6.07, 6.45) is 2.57. The Morgan fingerprint density at radius 2 is 1.81 bits per heavy atom. The lowest BCUT2D eigenvalue weighted by Crippen LogP contribution is -2.43. The van der Waals surface area contributed by atoms with Crippen molar-refractivity contribution in [3.8, 4) is 5.75 Å². The summed E-state index contributed by atoms with van der Waals surface area (Å²) in [4.78, 5) is 38.8. The van der Waals surface area contributed by atoms with E-state index < -0.39 is 17.5 Å². The third kappa shape index (κ3) is 4.87. The molecule has 0 spiro atoms. The predicted molar refractivity (Wildman–Crippen MR) is 118 cm³/mol. The van der Waals surface area contributed by atoms with E-state index in [-0.39, 0.29) is 12.5 Å². The Hall–Kier alpha value is -3.35. The van der Waals surface area contributed by atoms with Gasteiger partial charge in [0.15, 0.2) is 0 Å². The fourth-order valence-corrected chi connectivity index (χ4v) is 3.78. The molecule has 0 radical (unpaired) electrons. The molecule has 2 aromatic carbocycles. The van der Waals surface area contributed by atoms with Gasteiger partial charge in [-0.25, -0.2) is 4.79 Å². The van der Waals surface area contributed by atoms with Crippen molar-refractivity contribution in [3.63, 3.8) is 0 Å². The smallest absolute Gasteiger partial charge is 0.325 e. The summed E-state index contributed by atoms with van der Waals surface area (Å²) in [5, 5.41) is 5.51. The number of imide groups is 1. The van der Waals surface area contributed by atoms with Crippen LogP contribution in [0.25, 0.3) is 0 Å². The highest BCUT2D eigenvalue weighted by Gasteiger charge is 2.49. The molecule has 3 rings (SSSR count). The molecule has 1 aliphatic rings. The van der Waals surface area contributed by atoms with E-state index in [0.29, 0.717) is 18.5 Å². The van der Waals surface area contributed by atoms with Crippen LogP contribution in [0.4, 0.5) is 4.79 Å². The minimum absolute atomic E-state index is 0.319. The zero-order valence-electron chi connectivity index (χ0n) is 18.2. The lowest BCUT2D eigenvalue weighted by Gasteiger charge is -2.22. The van der Waals surface area contributed by atoms with E-state index in [9.17, 15) is 14.4 Å². The average molecular weight is 424 g/mol. The molecule has 0 saturated carbocycles. The molecule has 4 amide bonds. The SMILES string of the molecule is CCCc1ccc([C@]2(C)NC(=O)N(CC(=O)NCCc3ccccc3OC)C2=O)cc1. The number of para-hydroxylation sites is 1. The molecule has 2 N–H and O–H groups in total. The third-order valence-corrected chi connectivity index (χ3v) is 5.56. The fourth-order valence-electron chi connectivity index (χ4n) is 3.78. The highest BCUT2D eigenvalue weighted by Crippen LogP contribution is 2.29. The van der Waals surface area contributed by atoms with E-state index >= 15 is 0 Å². The van der Waals surface area contributed by atoms with Gasteiger partial charge in [-0.1, -0.05) is 55.8 Å². The van der Waals surface area contributed by atoms with Crippen molar-refractivity contribution < 1.29 is 19.1 Å². The predicted octanol–water partition coefficient (Wildman–Crippen LogP) is 2.77. The first-order chi connectivity index (χ1) is 14.9. The Morgan fingerprint density at radius 3 is 2.48 bits per heavy atom. The average Bonchev–Trinajstić information content (AvgIpc) is 2.98. The van der Waals surface area contributed by atoms with Gasteiger partial charge in [0.25, 0.3) is 5.91 Å². The number of nitrogens with zero attached hydrogens (tertiary/aromatic N) is 1. The second-order valence-corrected chi connectivity index (χ2v) is 7.81. The Bertz CT molecular complexity index is 958. The maximum atomic E-state index is 13.0. The topological polar surface area (TPSA) is 87.7 Å². The van der Waals surface area contributed by atoms with Crippen LogP contribution in [0.3, 0.4) is 0 Å². The van der Waals surface area contributed by atoms with Crippen LogP contribution in [0.15, 0.2) is 48.5 Å². The number of ether oxygens (including phenoxy) is 1. The van der Waals surface area contributed by atoms with Crippen molar-refractivity contribution in [2.24, 2.45) is 0 Å². The van der Waals surface area contributed by atoms with Crippen LogP contribution in [-0.4, -0.2) is 42.9 Å². The molecule has 0 bridgehead atoms. The number of rotatable bonds is 9. The number of methoxy groups -OCH3 is 1. The van der Waals surface area contributed by atoms with Crippen LogP contribution in [-0.2, 0) is 28.0 Å². The zero-order chi connectivity index (χ0) is 22.4. The number of urea groups is 1. The summed E-state index contributed by atoms with van der Waals surface area (Å²) in [6.45, 7) is 3.83. The van der Waals surface area contributed by atoms with Crippen LogP contribution < -0.4 is 15.4 Å². The molecule has 31 heavy (non-hydrogen) atoms. The molecule has 1 fully saturated rings. The summed E-state index contributed by atoms with van der Waals surface area (Å²) in [5.74, 6) is -0.0619. The highest BCUT2D eigenvalue weighted by atomic mass is 16.5. The van der Waals surface area contributed by atoms with Crippen molar-refractivity contribution in [3.05, 3.63) is 65.2 Å². The van der Waals surface area contributed by atoms with Crippen LogP contribution >= 0.6 is 0 Å². The van der Waals surface area contributed by atoms with Gasteiger partial charge >= 0.3 is 6.03 Å². The number of aryl methyl sites for hydroxylation is 1. The number of nitrogens with one attached hydrogen (secondary N) is 2. The van der Waals surface area contributed by atoms with Crippen molar-refractivity contribution in [2.45, 2.75) is 38.6 Å². The van der Waals surface area contributed by atoms with Gasteiger partial charge in [-0.05, 0) is 42.5 Å². The molecule has 164 valence electrons. The molecular formula is C24H29N3O4. The van der Waals surface area contributed by atoms with Gasteiger partial charge < -0.3 is 15.4 Å². The normalized spacial score (nSPS) is 18.1. The maximum absolute atomic E-state index is 13.0. The van der Waals surface area contributed by atoms with Crippen molar-refractivity contribution in [1.82, 2.24) is 15.5 Å². The first kappa shape index (κ1) is 22.3. The molecule has 1 atom stereocenters. The third-order valence-electron chi connectivity index (χ3n) is 5.56. The number of carbonyl (C=O) groups is 3. The van der Waals surface area contributed by atoms with Gasteiger partial charge in [0, 0.05) is 6.54 Å². The Kier molecular flexibility index (Phi) is 6.95. The molecule has 1 aliphatic heterocycles. The quantitative estimate of drug-likeness (QED) is 0.607. The second-order valence-electron chi connectivity index (χ2n) is 7.81. The zero-order valence-corrected chi connectivity index (χ0v) is 18.2. The Labute approximate surface area is 182 Å². The molecule has 0 aromatic heterocycles. The van der Waals surface area contributed by atoms with Gasteiger partial charge in [-0.3, -0.25) is 14.5 Å². The summed E-state index contributed by atoms with van der Waals surface area (Å²) in [6, 6.07) is 14.7. The number of benzene rings is 2. The first-order valence-electron chi connectivity index (χ1n) is 10.5. The van der Waals surface area contributed by atoms with E-state index in [4.69, 9.17) is 4.74 Å². The molecule has 1 heterocycles. The van der Waals surface area contributed by atoms with Gasteiger partial charge in [-0.15, -0.1) is 0 Å². The van der Waals surface area contributed by atoms with E-state index in [1.807, 2.05) is 48.5 Å². The lowest BCUT2D eigenvalue weighted by atomic mass is 9.91. The highest BCUT2D eigenvalue weighted by molar-refractivity contribution is 6.09. The summed E-state index contributed by atoms with van der Waals surface area (Å²) < 4.78 is 5.31. The minimum Gasteiger partial charge on any atom is -0.496 e. The van der Waals surface area contributed by atoms with Gasteiger partial charge in [-0.2, -0.15) is 0 Å². The second kappa shape index (κ2) is 9.64. The molecule has 7 nitrogen and oxygen atoms in total. The Morgan fingerprint density at radius 1 is 1.10 bits per heavy atom. The van der Waals surface area contributed by atoms with Gasteiger partial charge in [0.05, 0.1) is 7.11 Å². The van der Waals surface area contributed by atoms with E-state index in [1.165, 1.54) is 5.56 Å². The van der Waals surface area contributed by atoms with Crippen LogP contribution in [0.2, 0.25) is 0 Å². The summed E-state index contributed by atoms with van der Waals surface area (Å²) in [7, 11) is 1.60. The first-order valence-corrected chi connectivity index (χ1v) is 10.5. The Balaban J connectivity index is 1.59. The van der Waals surface area contributed by atoms with E-state index in [2.05, 4.69) is 17.6 Å². The largest absolute Gasteiger partial charge is 0.496 e. The van der Waals surface area contributed by atoms with E-state index in [0.717, 1.165) is 29.1 Å². The molecule has 7 heteroatoms. The minimum atomic E-state index is -1.18. The van der Waals surface area contributed by atoms with Crippen LogP contribution in [0.1, 0.15) is 37.0 Å².